The highest BCUT2D eigenvalue weighted by Crippen LogP contribution is 2.48. The van der Waals surface area contributed by atoms with E-state index in [1.807, 2.05) is 24.3 Å². The minimum absolute atomic E-state index is 0.151. The van der Waals surface area contributed by atoms with Crippen molar-refractivity contribution >= 4 is 23.4 Å². The highest BCUT2D eigenvalue weighted by Gasteiger charge is 2.53. The summed E-state index contributed by atoms with van der Waals surface area (Å²) in [6.07, 6.45) is 3.26. The number of likely N-dealkylation sites (tertiary alicyclic amines) is 1. The molecule has 1 aliphatic heterocycles. The van der Waals surface area contributed by atoms with Crippen LogP contribution in [0.3, 0.4) is 0 Å². The predicted molar refractivity (Wildman–Crippen MR) is 141 cm³/mol. The number of carbonyl (C=O) groups is 2. The van der Waals surface area contributed by atoms with Crippen molar-refractivity contribution in [2.75, 3.05) is 6.54 Å². The lowest BCUT2D eigenvalue weighted by molar-refractivity contribution is -0.151. The maximum Gasteiger partial charge on any atom is 0.264 e. The molecule has 192 valence electrons. The number of aliphatic hydroxyl groups is 1. The van der Waals surface area contributed by atoms with Gasteiger partial charge in [0.05, 0.1) is 5.69 Å². The average Bonchev–Trinajstić information content (AvgIpc) is 3.66. The SMILES string of the molecule is N[C@@H]1CC(C(=O)NCc2cc(Cl)ccc2-n2cncn2)N(C(=O)C2(O)c3ccccc3-c3ccccc32)C1. The van der Waals surface area contributed by atoms with E-state index in [-0.39, 0.29) is 25.4 Å². The lowest BCUT2D eigenvalue weighted by atomic mass is 9.89. The summed E-state index contributed by atoms with van der Waals surface area (Å²) in [5.41, 5.74) is 8.38. The molecule has 9 nitrogen and oxygen atoms in total. The zero-order valence-corrected chi connectivity index (χ0v) is 21.0. The molecule has 2 amide bonds. The van der Waals surface area contributed by atoms with Gasteiger partial charge in [-0.05, 0) is 41.3 Å². The van der Waals surface area contributed by atoms with Crippen LogP contribution >= 0.6 is 11.6 Å². The number of hydrogen-bond donors (Lipinski definition) is 3. The largest absolute Gasteiger partial charge is 0.372 e. The van der Waals surface area contributed by atoms with Crippen LogP contribution in [0.1, 0.15) is 23.1 Å². The number of aromatic nitrogens is 3. The molecule has 1 unspecified atom stereocenters. The number of hydrogen-bond acceptors (Lipinski definition) is 6. The first-order chi connectivity index (χ1) is 18.4. The summed E-state index contributed by atoms with van der Waals surface area (Å²) in [6, 6.07) is 18.6. The average molecular weight is 529 g/mol. The van der Waals surface area contributed by atoms with Crippen molar-refractivity contribution in [2.24, 2.45) is 5.73 Å². The molecule has 4 aromatic rings. The molecule has 1 aromatic heterocycles. The Bertz CT molecular complexity index is 1490. The third-order valence-corrected chi connectivity index (χ3v) is 7.53. The lowest BCUT2D eigenvalue weighted by Crippen LogP contribution is -2.53. The zero-order chi connectivity index (χ0) is 26.4. The van der Waals surface area contributed by atoms with Crippen LogP contribution in [0.5, 0.6) is 0 Å². The Balaban J connectivity index is 1.28. The van der Waals surface area contributed by atoms with Gasteiger partial charge < -0.3 is 21.1 Å². The van der Waals surface area contributed by atoms with E-state index in [1.165, 1.54) is 11.2 Å². The van der Waals surface area contributed by atoms with Crippen molar-refractivity contribution in [3.05, 3.63) is 101 Å². The van der Waals surface area contributed by atoms with E-state index in [0.717, 1.165) is 22.4 Å². The molecule has 0 bridgehead atoms. The minimum Gasteiger partial charge on any atom is -0.372 e. The third-order valence-electron chi connectivity index (χ3n) is 7.29. The Morgan fingerprint density at radius 3 is 2.42 bits per heavy atom. The first-order valence-corrected chi connectivity index (χ1v) is 12.6. The molecule has 0 radical (unpaired) electrons. The van der Waals surface area contributed by atoms with Crippen LogP contribution in [0.2, 0.25) is 5.02 Å². The second-order valence-corrected chi connectivity index (χ2v) is 10.0. The Labute approximate surface area is 223 Å². The maximum atomic E-state index is 14.1. The summed E-state index contributed by atoms with van der Waals surface area (Å²) in [7, 11) is 0. The van der Waals surface area contributed by atoms with Gasteiger partial charge in [-0.15, -0.1) is 0 Å². The topological polar surface area (TPSA) is 126 Å². The quantitative estimate of drug-likeness (QED) is 0.365. The van der Waals surface area contributed by atoms with E-state index < -0.39 is 23.6 Å². The van der Waals surface area contributed by atoms with Gasteiger partial charge in [0.2, 0.25) is 5.91 Å². The van der Waals surface area contributed by atoms with Crippen molar-refractivity contribution in [2.45, 2.75) is 30.7 Å². The molecule has 2 heterocycles. The fraction of sp³-hybridized carbons (Fsp3) is 0.214. The monoisotopic (exact) mass is 528 g/mol. The smallest absolute Gasteiger partial charge is 0.264 e. The number of amides is 2. The molecule has 10 heteroatoms. The van der Waals surface area contributed by atoms with E-state index in [2.05, 4.69) is 15.4 Å². The van der Waals surface area contributed by atoms with Crippen molar-refractivity contribution in [3.8, 4) is 16.8 Å². The Hall–Kier alpha value is -4.05. The second kappa shape index (κ2) is 9.36. The zero-order valence-electron chi connectivity index (χ0n) is 20.3. The minimum atomic E-state index is -1.91. The number of fused-ring (bicyclic) bond motifs is 3. The number of nitrogens with two attached hydrogens (primary N) is 1. The maximum absolute atomic E-state index is 14.1. The van der Waals surface area contributed by atoms with Gasteiger partial charge in [-0.25, -0.2) is 9.67 Å². The predicted octanol–water partition coefficient (Wildman–Crippen LogP) is 2.38. The fourth-order valence-electron chi connectivity index (χ4n) is 5.54. The van der Waals surface area contributed by atoms with E-state index >= 15 is 0 Å². The number of halogens is 1. The lowest BCUT2D eigenvalue weighted by Gasteiger charge is -2.32. The van der Waals surface area contributed by atoms with Gasteiger partial charge in [0.1, 0.15) is 18.7 Å². The van der Waals surface area contributed by atoms with E-state index in [0.29, 0.717) is 16.1 Å². The van der Waals surface area contributed by atoms with Crippen LogP contribution in [-0.2, 0) is 21.7 Å². The molecule has 2 atom stereocenters. The summed E-state index contributed by atoms with van der Waals surface area (Å²) in [5, 5.41) is 19.6. The second-order valence-electron chi connectivity index (χ2n) is 9.60. The molecule has 0 spiro atoms. The van der Waals surface area contributed by atoms with Gasteiger partial charge in [0, 0.05) is 35.3 Å². The van der Waals surface area contributed by atoms with Crippen LogP contribution in [0.25, 0.3) is 16.8 Å². The van der Waals surface area contributed by atoms with Gasteiger partial charge in [0.15, 0.2) is 5.60 Å². The molecular weight excluding hydrogens is 504 g/mol. The molecule has 6 rings (SSSR count). The number of rotatable bonds is 5. The Morgan fingerprint density at radius 1 is 1.08 bits per heavy atom. The fourth-order valence-corrected chi connectivity index (χ4v) is 5.74. The summed E-state index contributed by atoms with van der Waals surface area (Å²) in [6.45, 7) is 0.309. The van der Waals surface area contributed by atoms with E-state index in [9.17, 15) is 14.7 Å². The van der Waals surface area contributed by atoms with Crippen LogP contribution in [0.15, 0.2) is 79.4 Å². The highest BCUT2D eigenvalue weighted by molar-refractivity contribution is 6.30. The number of nitrogens with zero attached hydrogens (tertiary/aromatic N) is 4. The normalized spacial score (nSPS) is 19.2. The molecular formula is C28H25ClN6O3. The van der Waals surface area contributed by atoms with Crippen molar-refractivity contribution in [1.29, 1.82) is 0 Å². The van der Waals surface area contributed by atoms with Gasteiger partial charge in [-0.2, -0.15) is 5.10 Å². The van der Waals surface area contributed by atoms with E-state index in [4.69, 9.17) is 17.3 Å². The summed E-state index contributed by atoms with van der Waals surface area (Å²) < 4.78 is 1.59. The third kappa shape index (κ3) is 3.87. The standard InChI is InChI=1S/C28H25ClN6O3/c29-18-9-10-24(35-16-31-15-33-35)17(11-18)13-32-26(36)25-12-19(30)14-34(25)27(37)28(38)22-7-3-1-5-20(22)21-6-2-4-8-23(21)28/h1-11,15-16,19,25,38H,12-14,30H2,(H,32,36)/t19-,25?/m1/s1. The summed E-state index contributed by atoms with van der Waals surface area (Å²) in [4.78, 5) is 32.9. The van der Waals surface area contributed by atoms with Crippen LogP contribution in [0.4, 0.5) is 0 Å². The molecule has 0 saturated carbocycles. The molecule has 3 aromatic carbocycles. The van der Waals surface area contributed by atoms with Crippen molar-refractivity contribution in [3.63, 3.8) is 0 Å². The van der Waals surface area contributed by atoms with Crippen molar-refractivity contribution < 1.29 is 14.7 Å². The molecule has 1 saturated heterocycles. The summed E-state index contributed by atoms with van der Waals surface area (Å²) in [5.74, 6) is -0.923. The summed E-state index contributed by atoms with van der Waals surface area (Å²) >= 11 is 6.22. The highest BCUT2D eigenvalue weighted by atomic mass is 35.5. The molecule has 1 aliphatic carbocycles. The Kier molecular flexibility index (Phi) is 5.98. The number of benzene rings is 3. The molecule has 2 aliphatic rings. The van der Waals surface area contributed by atoms with Crippen LogP contribution in [-0.4, -0.2) is 55.2 Å². The Morgan fingerprint density at radius 2 is 1.76 bits per heavy atom. The van der Waals surface area contributed by atoms with Crippen molar-refractivity contribution in [1.82, 2.24) is 25.0 Å². The van der Waals surface area contributed by atoms with Gasteiger partial charge in [-0.3, -0.25) is 9.59 Å². The molecule has 38 heavy (non-hydrogen) atoms. The first-order valence-electron chi connectivity index (χ1n) is 12.3. The number of nitrogens with one attached hydrogen (secondary N) is 1. The molecule has 1 fully saturated rings. The van der Waals surface area contributed by atoms with Gasteiger partial charge in [-0.1, -0.05) is 60.1 Å². The first kappa shape index (κ1) is 24.3. The molecule has 4 N–H and O–H groups in total. The van der Waals surface area contributed by atoms with Gasteiger partial charge in [0.25, 0.3) is 5.91 Å². The van der Waals surface area contributed by atoms with Crippen LogP contribution in [0, 0.1) is 0 Å². The van der Waals surface area contributed by atoms with E-state index in [1.54, 1.807) is 53.5 Å². The number of carbonyl (C=O) groups excluding carboxylic acids is 2. The van der Waals surface area contributed by atoms with Crippen LogP contribution < -0.4 is 11.1 Å². The van der Waals surface area contributed by atoms with Gasteiger partial charge >= 0.3 is 0 Å².